The van der Waals surface area contributed by atoms with Gasteiger partial charge in [0.15, 0.2) is 0 Å². The molecular weight excluding hydrogens is 345 g/mol. The second-order valence-electron chi connectivity index (χ2n) is 7.10. The number of aromatic carboxylic acids is 1. The molecule has 1 aromatic heterocycles. The molecule has 1 aliphatic rings. The third-order valence-corrected chi connectivity index (χ3v) is 4.59. The van der Waals surface area contributed by atoms with Gasteiger partial charge in [-0.2, -0.15) is 5.26 Å². The molecule has 8 heteroatoms. The molecule has 0 saturated carbocycles. The monoisotopic (exact) mass is 367 g/mol. The van der Waals surface area contributed by atoms with E-state index >= 15 is 0 Å². The molecule has 0 aliphatic carbocycles. The summed E-state index contributed by atoms with van der Waals surface area (Å²) in [5, 5.41) is 17.2. The highest BCUT2D eigenvalue weighted by atomic mass is 16.7. The number of aromatic nitrogens is 1. The fraction of sp³-hybridized carbons (Fsp3) is 0.316. The van der Waals surface area contributed by atoms with Gasteiger partial charge in [0.1, 0.15) is 5.82 Å². The maximum atomic E-state index is 10.8. The molecule has 3 N–H and O–H groups in total. The molecule has 7 nitrogen and oxygen atoms in total. The fourth-order valence-electron chi connectivity index (χ4n) is 2.28. The number of carboxylic acid groups (broad SMARTS) is 1. The third-order valence-electron chi connectivity index (χ3n) is 4.59. The molecule has 1 saturated heterocycles. The minimum atomic E-state index is -0.935. The Morgan fingerprint density at radius 3 is 2.11 bits per heavy atom. The Morgan fingerprint density at radius 2 is 1.70 bits per heavy atom. The van der Waals surface area contributed by atoms with E-state index in [0.717, 1.165) is 5.46 Å². The highest BCUT2D eigenvalue weighted by Gasteiger charge is 2.51. The van der Waals surface area contributed by atoms with Crippen molar-refractivity contribution in [3.05, 3.63) is 53.7 Å². The first-order valence-corrected chi connectivity index (χ1v) is 8.36. The molecule has 1 aliphatic heterocycles. The van der Waals surface area contributed by atoms with E-state index in [1.165, 1.54) is 12.3 Å². The lowest BCUT2D eigenvalue weighted by molar-refractivity contribution is 0.00578. The van der Waals surface area contributed by atoms with Crippen LogP contribution >= 0.6 is 0 Å². The summed E-state index contributed by atoms with van der Waals surface area (Å²) in [5.74, 6) is -0.551. The van der Waals surface area contributed by atoms with E-state index in [1.54, 1.807) is 30.3 Å². The largest absolute Gasteiger partial charge is 0.494 e. The van der Waals surface area contributed by atoms with E-state index in [-0.39, 0.29) is 16.8 Å². The van der Waals surface area contributed by atoms with Gasteiger partial charge < -0.3 is 20.1 Å². The summed E-state index contributed by atoms with van der Waals surface area (Å²) in [6.45, 7) is 7.94. The normalized spacial score (nSPS) is 16.8. The van der Waals surface area contributed by atoms with E-state index in [0.29, 0.717) is 11.4 Å². The van der Waals surface area contributed by atoms with Crippen molar-refractivity contribution >= 4 is 24.4 Å². The Morgan fingerprint density at radius 1 is 1.15 bits per heavy atom. The molecule has 0 amide bonds. The summed E-state index contributed by atoms with van der Waals surface area (Å²) < 4.78 is 11.8. The van der Waals surface area contributed by atoms with Gasteiger partial charge in [-0.15, -0.1) is 0 Å². The predicted octanol–water partition coefficient (Wildman–Crippen LogP) is 2.22. The zero-order valence-electron chi connectivity index (χ0n) is 15.8. The molecule has 0 radical (unpaired) electrons. The minimum absolute atomic E-state index is 0.260. The first-order chi connectivity index (χ1) is 12.6. The van der Waals surface area contributed by atoms with Gasteiger partial charge in [0, 0.05) is 6.20 Å². The Balaban J connectivity index is 0.000000244. The summed E-state index contributed by atoms with van der Waals surface area (Å²) in [7, 11) is -0.446. The Labute approximate surface area is 158 Å². The third kappa shape index (κ3) is 4.85. The lowest BCUT2D eigenvalue weighted by Crippen LogP contribution is -2.41. The van der Waals surface area contributed by atoms with Crippen LogP contribution in [0.15, 0.2) is 42.6 Å². The van der Waals surface area contributed by atoms with Crippen molar-refractivity contribution in [2.45, 2.75) is 38.9 Å². The Hall–Kier alpha value is -2.89. The number of benzene rings is 1. The van der Waals surface area contributed by atoms with Crippen LogP contribution in [0, 0.1) is 11.3 Å². The molecule has 2 aromatic rings. The highest BCUT2D eigenvalue weighted by molar-refractivity contribution is 6.62. The number of hydrogen-bond acceptors (Lipinski definition) is 6. The summed E-state index contributed by atoms with van der Waals surface area (Å²) >= 11 is 0. The van der Waals surface area contributed by atoms with Crippen LogP contribution in [0.25, 0.3) is 0 Å². The molecule has 0 unspecified atom stereocenters. The molecule has 0 atom stereocenters. The summed E-state index contributed by atoms with van der Waals surface area (Å²) in [4.78, 5) is 14.5. The number of anilines is 1. The van der Waals surface area contributed by atoms with E-state index in [1.807, 2.05) is 33.8 Å². The van der Waals surface area contributed by atoms with E-state index in [9.17, 15) is 4.79 Å². The molecule has 2 heterocycles. The summed E-state index contributed by atoms with van der Waals surface area (Å²) in [6, 6.07) is 11.7. The first-order valence-electron chi connectivity index (χ1n) is 8.36. The van der Waals surface area contributed by atoms with Crippen molar-refractivity contribution in [3.8, 4) is 6.07 Å². The fourth-order valence-corrected chi connectivity index (χ4v) is 2.28. The van der Waals surface area contributed by atoms with Gasteiger partial charge in [-0.3, -0.25) is 0 Å². The lowest BCUT2D eigenvalue weighted by atomic mass is 9.79. The number of nitrogens with two attached hydrogens (primary N) is 1. The molecule has 0 bridgehead atoms. The van der Waals surface area contributed by atoms with Gasteiger partial charge in [0.05, 0.1) is 28.4 Å². The van der Waals surface area contributed by atoms with Crippen molar-refractivity contribution in [1.29, 1.82) is 5.26 Å². The topological polar surface area (TPSA) is 118 Å². The SMILES string of the molecule is CC1(C)OB(c2ccc(C(=O)O)cc2)OC1(C)C.N#Cc1ccnc(N)c1. The van der Waals surface area contributed by atoms with Crippen LogP contribution in [0.3, 0.4) is 0 Å². The average Bonchev–Trinajstić information content (AvgIpc) is 2.83. The van der Waals surface area contributed by atoms with E-state index in [2.05, 4.69) is 4.98 Å². The standard InChI is InChI=1S/C13H17BO4.C6H5N3/c1-12(2)13(3,4)18-14(17-12)10-7-5-9(6-8-10)11(15)16;7-4-5-1-2-9-6(8)3-5/h5-8H,1-4H3,(H,15,16);1-3H,(H2,8,9). The number of carbonyl (C=O) groups is 1. The van der Waals surface area contributed by atoms with Gasteiger partial charge in [-0.1, -0.05) is 12.1 Å². The molecule has 1 fully saturated rings. The number of rotatable bonds is 2. The molecule has 1 aromatic carbocycles. The number of hydrogen-bond donors (Lipinski definition) is 2. The van der Waals surface area contributed by atoms with E-state index in [4.69, 9.17) is 25.4 Å². The van der Waals surface area contributed by atoms with Crippen molar-refractivity contribution in [1.82, 2.24) is 4.98 Å². The number of nitriles is 1. The van der Waals surface area contributed by atoms with Gasteiger partial charge >= 0.3 is 13.1 Å². The van der Waals surface area contributed by atoms with Crippen molar-refractivity contribution in [2.75, 3.05) is 5.73 Å². The second kappa shape index (κ2) is 7.78. The number of carboxylic acids is 1. The van der Waals surface area contributed by atoms with Crippen LogP contribution in [-0.2, 0) is 9.31 Å². The van der Waals surface area contributed by atoms with Crippen LogP contribution < -0.4 is 11.2 Å². The smallest absolute Gasteiger partial charge is 0.478 e. The maximum absolute atomic E-state index is 10.8. The zero-order valence-corrected chi connectivity index (χ0v) is 15.8. The van der Waals surface area contributed by atoms with Crippen molar-refractivity contribution < 1.29 is 19.2 Å². The van der Waals surface area contributed by atoms with Crippen LogP contribution in [-0.4, -0.2) is 34.4 Å². The van der Waals surface area contributed by atoms with Gasteiger partial charge in [0.25, 0.3) is 0 Å². The number of nitrogens with zero attached hydrogens (tertiary/aromatic N) is 2. The molecule has 140 valence electrons. The van der Waals surface area contributed by atoms with Crippen LogP contribution in [0.5, 0.6) is 0 Å². The molecular formula is C19H22BN3O4. The molecule has 0 spiro atoms. The number of pyridine rings is 1. The van der Waals surface area contributed by atoms with Gasteiger partial charge in [-0.25, -0.2) is 9.78 Å². The van der Waals surface area contributed by atoms with Crippen molar-refractivity contribution in [3.63, 3.8) is 0 Å². The van der Waals surface area contributed by atoms with Crippen LogP contribution in [0.1, 0.15) is 43.6 Å². The van der Waals surface area contributed by atoms with Crippen molar-refractivity contribution in [2.24, 2.45) is 0 Å². The summed E-state index contributed by atoms with van der Waals surface area (Å²) in [5.41, 5.74) is 6.14. The van der Waals surface area contributed by atoms with Crippen LogP contribution in [0.2, 0.25) is 0 Å². The Bertz CT molecular complexity index is 844. The summed E-state index contributed by atoms with van der Waals surface area (Å²) in [6.07, 6.45) is 1.51. The quantitative estimate of drug-likeness (QED) is 0.781. The highest BCUT2D eigenvalue weighted by Crippen LogP contribution is 2.36. The van der Waals surface area contributed by atoms with Gasteiger partial charge in [0.2, 0.25) is 0 Å². The molecule has 27 heavy (non-hydrogen) atoms. The first kappa shape index (κ1) is 20.4. The number of nitrogen functional groups attached to an aromatic ring is 1. The van der Waals surface area contributed by atoms with Gasteiger partial charge in [-0.05, 0) is 57.4 Å². The average molecular weight is 367 g/mol. The second-order valence-corrected chi connectivity index (χ2v) is 7.10. The zero-order chi connectivity index (χ0) is 20.2. The maximum Gasteiger partial charge on any atom is 0.494 e. The van der Waals surface area contributed by atoms with Crippen LogP contribution in [0.4, 0.5) is 5.82 Å². The molecule has 3 rings (SSSR count). The lowest BCUT2D eigenvalue weighted by Gasteiger charge is -2.32. The predicted molar refractivity (Wildman–Crippen MR) is 102 cm³/mol. The minimum Gasteiger partial charge on any atom is -0.478 e. The van der Waals surface area contributed by atoms with E-state index < -0.39 is 13.1 Å². The Kier molecular flexibility index (Phi) is 5.89.